The van der Waals surface area contributed by atoms with E-state index in [9.17, 15) is 4.79 Å². The Morgan fingerprint density at radius 1 is 1.38 bits per heavy atom. The molecule has 112 valence electrons. The molecule has 1 atom stereocenters. The molecule has 21 heavy (non-hydrogen) atoms. The van der Waals surface area contributed by atoms with E-state index in [-0.39, 0.29) is 11.9 Å². The highest BCUT2D eigenvalue weighted by Gasteiger charge is 2.22. The Kier molecular flexibility index (Phi) is 4.06. The Bertz CT molecular complexity index is 591. The molecule has 0 aliphatic carbocycles. The maximum atomic E-state index is 12.4. The van der Waals surface area contributed by atoms with E-state index < -0.39 is 0 Å². The van der Waals surface area contributed by atoms with Gasteiger partial charge in [0, 0.05) is 31.5 Å². The highest BCUT2D eigenvalue weighted by molar-refractivity contribution is 5.91. The molecule has 6 nitrogen and oxygen atoms in total. The molecular weight excluding hydrogens is 268 g/mol. The molecule has 1 fully saturated rings. The van der Waals surface area contributed by atoms with Crippen molar-refractivity contribution in [1.29, 1.82) is 0 Å². The van der Waals surface area contributed by atoms with Crippen molar-refractivity contribution >= 4 is 5.91 Å². The van der Waals surface area contributed by atoms with Gasteiger partial charge < -0.3 is 19.6 Å². The molecule has 0 unspecified atom stereocenters. The average molecular weight is 288 g/mol. The van der Waals surface area contributed by atoms with Gasteiger partial charge in [0.05, 0.1) is 12.9 Å². The van der Waals surface area contributed by atoms with Gasteiger partial charge in [0.25, 0.3) is 5.91 Å². The quantitative estimate of drug-likeness (QED) is 0.928. The van der Waals surface area contributed by atoms with E-state index in [0.717, 1.165) is 31.6 Å². The monoisotopic (exact) mass is 288 g/mol. The van der Waals surface area contributed by atoms with E-state index in [1.807, 2.05) is 21.7 Å². The van der Waals surface area contributed by atoms with Gasteiger partial charge in [-0.05, 0) is 31.4 Å². The van der Waals surface area contributed by atoms with Crippen molar-refractivity contribution in [2.45, 2.75) is 31.8 Å². The zero-order valence-corrected chi connectivity index (χ0v) is 11.9. The lowest BCUT2D eigenvalue weighted by molar-refractivity contribution is 0.0727. The SMILES string of the molecule is N[C@@H]1CCCN(C(=O)c2ccc(Cn3ccnc3)o2)CC1. The van der Waals surface area contributed by atoms with Gasteiger partial charge in [-0.1, -0.05) is 0 Å². The fourth-order valence-corrected chi connectivity index (χ4v) is 2.62. The van der Waals surface area contributed by atoms with Crippen molar-refractivity contribution in [2.75, 3.05) is 13.1 Å². The minimum absolute atomic E-state index is 0.0408. The summed E-state index contributed by atoms with van der Waals surface area (Å²) in [6.07, 6.45) is 8.09. The number of amides is 1. The second-order valence-corrected chi connectivity index (χ2v) is 5.48. The fraction of sp³-hybridized carbons (Fsp3) is 0.467. The topological polar surface area (TPSA) is 77.3 Å². The molecule has 3 rings (SSSR count). The first-order valence-corrected chi connectivity index (χ1v) is 7.31. The number of likely N-dealkylation sites (tertiary alicyclic amines) is 1. The molecule has 6 heteroatoms. The number of carbonyl (C=O) groups excluding carboxylic acids is 1. The molecule has 2 aromatic rings. The van der Waals surface area contributed by atoms with E-state index in [0.29, 0.717) is 18.8 Å². The van der Waals surface area contributed by atoms with E-state index in [1.54, 1.807) is 18.6 Å². The Labute approximate surface area is 123 Å². The number of furan rings is 1. The third-order valence-electron chi connectivity index (χ3n) is 3.83. The van der Waals surface area contributed by atoms with Crippen molar-refractivity contribution in [3.8, 4) is 0 Å². The number of nitrogens with two attached hydrogens (primary N) is 1. The normalized spacial score (nSPS) is 19.5. The van der Waals surface area contributed by atoms with E-state index in [4.69, 9.17) is 10.2 Å². The molecule has 0 bridgehead atoms. The van der Waals surface area contributed by atoms with Crippen LogP contribution in [0.1, 0.15) is 35.6 Å². The van der Waals surface area contributed by atoms with Crippen molar-refractivity contribution in [3.63, 3.8) is 0 Å². The van der Waals surface area contributed by atoms with Crippen LogP contribution in [0.25, 0.3) is 0 Å². The Morgan fingerprint density at radius 2 is 2.29 bits per heavy atom. The molecule has 2 aromatic heterocycles. The van der Waals surface area contributed by atoms with Gasteiger partial charge >= 0.3 is 0 Å². The summed E-state index contributed by atoms with van der Waals surface area (Å²) in [7, 11) is 0. The van der Waals surface area contributed by atoms with E-state index in [1.165, 1.54) is 0 Å². The molecular formula is C15H20N4O2. The molecule has 0 saturated carbocycles. The summed E-state index contributed by atoms with van der Waals surface area (Å²) in [5.41, 5.74) is 5.95. The summed E-state index contributed by atoms with van der Waals surface area (Å²) in [6, 6.07) is 3.80. The van der Waals surface area contributed by atoms with Gasteiger partial charge in [0.2, 0.25) is 0 Å². The largest absolute Gasteiger partial charge is 0.454 e. The lowest BCUT2D eigenvalue weighted by atomic mass is 10.1. The molecule has 1 saturated heterocycles. The molecule has 1 aliphatic rings. The van der Waals surface area contributed by atoms with Gasteiger partial charge in [0.1, 0.15) is 5.76 Å². The summed E-state index contributed by atoms with van der Waals surface area (Å²) < 4.78 is 7.57. The van der Waals surface area contributed by atoms with Gasteiger partial charge in [0.15, 0.2) is 5.76 Å². The smallest absolute Gasteiger partial charge is 0.289 e. The third kappa shape index (κ3) is 3.33. The number of imidazole rings is 1. The van der Waals surface area contributed by atoms with E-state index >= 15 is 0 Å². The summed E-state index contributed by atoms with van der Waals surface area (Å²) in [5.74, 6) is 1.12. The molecule has 0 radical (unpaired) electrons. The van der Waals surface area contributed by atoms with Crippen molar-refractivity contribution in [3.05, 3.63) is 42.4 Å². The van der Waals surface area contributed by atoms with E-state index in [2.05, 4.69) is 4.98 Å². The first-order chi connectivity index (χ1) is 10.2. The van der Waals surface area contributed by atoms with Gasteiger partial charge in [-0.3, -0.25) is 4.79 Å². The Hall–Kier alpha value is -2.08. The van der Waals surface area contributed by atoms with Crippen molar-refractivity contribution in [2.24, 2.45) is 5.73 Å². The molecule has 2 N–H and O–H groups in total. The first kappa shape index (κ1) is 13.9. The number of aromatic nitrogens is 2. The number of hydrogen-bond donors (Lipinski definition) is 1. The van der Waals surface area contributed by atoms with Crippen LogP contribution in [-0.4, -0.2) is 39.5 Å². The average Bonchev–Trinajstić information content (AvgIpc) is 3.10. The second-order valence-electron chi connectivity index (χ2n) is 5.48. The summed E-state index contributed by atoms with van der Waals surface area (Å²) >= 11 is 0. The number of rotatable bonds is 3. The minimum Gasteiger partial charge on any atom is -0.454 e. The van der Waals surface area contributed by atoms with Crippen LogP contribution in [0.5, 0.6) is 0 Å². The summed E-state index contributed by atoms with van der Waals surface area (Å²) in [6.45, 7) is 2.04. The molecule has 0 spiro atoms. The zero-order chi connectivity index (χ0) is 14.7. The van der Waals surface area contributed by atoms with Crippen molar-refractivity contribution in [1.82, 2.24) is 14.5 Å². The van der Waals surface area contributed by atoms with Crippen LogP contribution >= 0.6 is 0 Å². The predicted molar refractivity (Wildman–Crippen MR) is 77.8 cm³/mol. The highest BCUT2D eigenvalue weighted by atomic mass is 16.4. The van der Waals surface area contributed by atoms with Gasteiger partial charge in [-0.25, -0.2) is 4.98 Å². The minimum atomic E-state index is -0.0408. The number of carbonyl (C=O) groups is 1. The van der Waals surface area contributed by atoms with Crippen LogP contribution in [0.3, 0.4) is 0 Å². The molecule has 1 aliphatic heterocycles. The highest BCUT2D eigenvalue weighted by Crippen LogP contribution is 2.16. The zero-order valence-electron chi connectivity index (χ0n) is 11.9. The summed E-state index contributed by atoms with van der Waals surface area (Å²) in [4.78, 5) is 18.3. The lowest BCUT2D eigenvalue weighted by Crippen LogP contribution is -2.32. The predicted octanol–water partition coefficient (Wildman–Crippen LogP) is 1.48. The molecule has 3 heterocycles. The fourth-order valence-electron chi connectivity index (χ4n) is 2.62. The Morgan fingerprint density at radius 3 is 3.10 bits per heavy atom. The third-order valence-corrected chi connectivity index (χ3v) is 3.83. The van der Waals surface area contributed by atoms with Crippen LogP contribution in [-0.2, 0) is 6.54 Å². The maximum Gasteiger partial charge on any atom is 0.289 e. The lowest BCUT2D eigenvalue weighted by Gasteiger charge is -2.18. The molecule has 1 amide bonds. The van der Waals surface area contributed by atoms with Crippen LogP contribution in [0.15, 0.2) is 35.3 Å². The van der Waals surface area contributed by atoms with Crippen molar-refractivity contribution < 1.29 is 9.21 Å². The summed E-state index contributed by atoms with van der Waals surface area (Å²) in [5, 5.41) is 0. The number of hydrogen-bond acceptors (Lipinski definition) is 4. The second kappa shape index (κ2) is 6.13. The maximum absolute atomic E-state index is 12.4. The number of nitrogens with zero attached hydrogens (tertiary/aromatic N) is 3. The van der Waals surface area contributed by atoms with Crippen LogP contribution in [0.2, 0.25) is 0 Å². The van der Waals surface area contributed by atoms with Gasteiger partial charge in [-0.2, -0.15) is 0 Å². The standard InChI is InChI=1S/C15H20N4O2/c16-12-2-1-7-19(8-5-12)15(20)14-4-3-13(21-14)10-18-9-6-17-11-18/h3-4,6,9,11-12H,1-2,5,7-8,10,16H2/t12-/m1/s1. The Balaban J connectivity index is 1.66. The van der Waals surface area contributed by atoms with Crippen LogP contribution in [0.4, 0.5) is 0 Å². The molecule has 0 aromatic carbocycles. The first-order valence-electron chi connectivity index (χ1n) is 7.31. The van der Waals surface area contributed by atoms with Crippen LogP contribution in [0, 0.1) is 0 Å². The van der Waals surface area contributed by atoms with Crippen LogP contribution < -0.4 is 5.73 Å². The van der Waals surface area contributed by atoms with Gasteiger partial charge in [-0.15, -0.1) is 0 Å².